The molecular weight excluding hydrogens is 342 g/mol. The van der Waals surface area contributed by atoms with Gasteiger partial charge in [0.15, 0.2) is 5.96 Å². The van der Waals surface area contributed by atoms with Crippen LogP contribution in [0.15, 0.2) is 47.5 Å². The molecule has 6 nitrogen and oxygen atoms in total. The quantitative estimate of drug-likeness (QED) is 0.340. The first kappa shape index (κ1) is 21.0. The molecule has 0 saturated heterocycles. The second-order valence-corrected chi connectivity index (χ2v) is 5.97. The minimum atomic E-state index is 0.568. The van der Waals surface area contributed by atoms with Crippen LogP contribution in [0.5, 0.6) is 5.75 Å². The Balaban J connectivity index is 1.71. The number of guanidine groups is 1. The number of hydrogen-bond donors (Lipinski definition) is 2. The summed E-state index contributed by atoms with van der Waals surface area (Å²) in [6.45, 7) is 6.78. The highest BCUT2D eigenvalue weighted by molar-refractivity contribution is 5.88. The molecule has 0 unspecified atom stereocenters. The van der Waals surface area contributed by atoms with Crippen molar-refractivity contribution in [2.75, 3.05) is 53.2 Å². The molecule has 0 aromatic heterocycles. The summed E-state index contributed by atoms with van der Waals surface area (Å²) in [7, 11) is 1.67. The first-order valence-corrected chi connectivity index (χ1v) is 9.54. The van der Waals surface area contributed by atoms with Gasteiger partial charge in [-0.15, -0.1) is 0 Å². The van der Waals surface area contributed by atoms with Gasteiger partial charge in [0.1, 0.15) is 12.4 Å². The molecule has 0 amide bonds. The third-order valence-corrected chi connectivity index (χ3v) is 3.89. The fourth-order valence-electron chi connectivity index (χ4n) is 2.60. The fraction of sp³-hybridized carbons (Fsp3) is 0.476. The molecule has 27 heavy (non-hydrogen) atoms. The van der Waals surface area contributed by atoms with Crippen molar-refractivity contribution in [3.8, 4) is 5.75 Å². The maximum absolute atomic E-state index is 5.95. The normalized spacial score (nSPS) is 11.6. The number of nitrogens with zero attached hydrogens (tertiary/aromatic N) is 1. The van der Waals surface area contributed by atoms with Gasteiger partial charge in [-0.2, -0.15) is 0 Å². The van der Waals surface area contributed by atoms with Gasteiger partial charge in [-0.05, 0) is 24.8 Å². The lowest BCUT2D eigenvalue weighted by atomic mass is 10.1. The third-order valence-electron chi connectivity index (χ3n) is 3.89. The Morgan fingerprint density at radius 3 is 2.67 bits per heavy atom. The first-order chi connectivity index (χ1) is 13.3. The second-order valence-electron chi connectivity index (χ2n) is 5.97. The van der Waals surface area contributed by atoms with Crippen LogP contribution in [0.1, 0.15) is 13.3 Å². The maximum Gasteiger partial charge on any atom is 0.191 e. The van der Waals surface area contributed by atoms with Crippen molar-refractivity contribution >= 4 is 16.7 Å². The van der Waals surface area contributed by atoms with Crippen LogP contribution >= 0.6 is 0 Å². The van der Waals surface area contributed by atoms with E-state index in [2.05, 4.69) is 40.7 Å². The lowest BCUT2D eigenvalue weighted by Gasteiger charge is -2.13. The highest BCUT2D eigenvalue weighted by Gasteiger charge is 2.02. The molecule has 0 bridgehead atoms. The predicted molar refractivity (Wildman–Crippen MR) is 111 cm³/mol. The van der Waals surface area contributed by atoms with Crippen LogP contribution < -0.4 is 15.4 Å². The monoisotopic (exact) mass is 373 g/mol. The van der Waals surface area contributed by atoms with Gasteiger partial charge in [0, 0.05) is 32.2 Å². The molecule has 0 aliphatic rings. The van der Waals surface area contributed by atoms with Crippen molar-refractivity contribution in [1.82, 2.24) is 10.6 Å². The summed E-state index contributed by atoms with van der Waals surface area (Å²) in [4.78, 5) is 4.55. The summed E-state index contributed by atoms with van der Waals surface area (Å²) < 4.78 is 16.3. The zero-order valence-electron chi connectivity index (χ0n) is 16.4. The van der Waals surface area contributed by atoms with E-state index in [4.69, 9.17) is 14.2 Å². The number of fused-ring (bicyclic) bond motifs is 1. The molecule has 0 radical (unpaired) electrons. The molecule has 0 aliphatic heterocycles. The van der Waals surface area contributed by atoms with Gasteiger partial charge in [0.05, 0.1) is 19.8 Å². The van der Waals surface area contributed by atoms with Gasteiger partial charge in [-0.3, -0.25) is 4.99 Å². The molecule has 0 saturated carbocycles. The van der Waals surface area contributed by atoms with E-state index in [1.165, 1.54) is 5.39 Å². The summed E-state index contributed by atoms with van der Waals surface area (Å²) in [6, 6.07) is 14.4. The van der Waals surface area contributed by atoms with Gasteiger partial charge >= 0.3 is 0 Å². The van der Waals surface area contributed by atoms with Gasteiger partial charge < -0.3 is 24.8 Å². The van der Waals surface area contributed by atoms with Crippen molar-refractivity contribution in [1.29, 1.82) is 0 Å². The minimum absolute atomic E-state index is 0.568. The van der Waals surface area contributed by atoms with Crippen LogP contribution in [0.2, 0.25) is 0 Å². The summed E-state index contributed by atoms with van der Waals surface area (Å²) >= 11 is 0. The first-order valence-electron chi connectivity index (χ1n) is 9.54. The van der Waals surface area contributed by atoms with Gasteiger partial charge in [-0.1, -0.05) is 36.4 Å². The van der Waals surface area contributed by atoms with Crippen molar-refractivity contribution in [2.45, 2.75) is 13.3 Å². The maximum atomic E-state index is 5.95. The van der Waals surface area contributed by atoms with Crippen LogP contribution in [0.3, 0.4) is 0 Å². The van der Waals surface area contributed by atoms with Crippen LogP contribution in [0.4, 0.5) is 0 Å². The van der Waals surface area contributed by atoms with E-state index in [9.17, 15) is 0 Å². The van der Waals surface area contributed by atoms with Crippen molar-refractivity contribution in [3.05, 3.63) is 42.5 Å². The van der Waals surface area contributed by atoms with E-state index in [0.29, 0.717) is 39.5 Å². The average molecular weight is 373 g/mol. The molecule has 2 aromatic rings. The summed E-state index contributed by atoms with van der Waals surface area (Å²) in [5, 5.41) is 8.87. The Hall–Kier alpha value is -2.31. The van der Waals surface area contributed by atoms with Crippen molar-refractivity contribution in [3.63, 3.8) is 0 Å². The topological polar surface area (TPSA) is 64.1 Å². The molecule has 2 N–H and O–H groups in total. The summed E-state index contributed by atoms with van der Waals surface area (Å²) in [5.74, 6) is 1.71. The van der Waals surface area contributed by atoms with Crippen molar-refractivity contribution in [2.24, 2.45) is 4.99 Å². The number of hydrogen-bond acceptors (Lipinski definition) is 4. The van der Waals surface area contributed by atoms with Gasteiger partial charge in [0.2, 0.25) is 0 Å². The standard InChI is InChI=1S/C21H31N3O3/c1-3-22-21(23-12-7-14-26-17-16-25-2)24-13-15-27-20-11-6-9-18-8-4-5-10-19(18)20/h4-6,8-11H,3,7,12-17H2,1-2H3,(H2,22,23,24). The Bertz CT molecular complexity index is 686. The van der Waals surface area contributed by atoms with Crippen LogP contribution in [0, 0.1) is 0 Å². The molecule has 148 valence electrons. The van der Waals surface area contributed by atoms with Crippen LogP contribution in [0.25, 0.3) is 10.8 Å². The Morgan fingerprint density at radius 1 is 0.963 bits per heavy atom. The van der Waals surface area contributed by atoms with E-state index in [-0.39, 0.29) is 0 Å². The molecule has 0 aliphatic carbocycles. The molecule has 2 rings (SSSR count). The van der Waals surface area contributed by atoms with Crippen molar-refractivity contribution < 1.29 is 14.2 Å². The molecular formula is C21H31N3O3. The molecule has 6 heteroatoms. The van der Waals surface area contributed by atoms with E-state index in [1.807, 2.05) is 24.3 Å². The number of rotatable bonds is 12. The van der Waals surface area contributed by atoms with E-state index in [0.717, 1.165) is 30.1 Å². The zero-order chi connectivity index (χ0) is 19.2. The molecule has 2 aromatic carbocycles. The number of methoxy groups -OCH3 is 1. The Labute approximate surface area is 161 Å². The molecule has 0 heterocycles. The third kappa shape index (κ3) is 7.85. The van der Waals surface area contributed by atoms with Gasteiger partial charge in [-0.25, -0.2) is 0 Å². The van der Waals surface area contributed by atoms with Crippen LogP contribution in [-0.2, 0) is 9.47 Å². The van der Waals surface area contributed by atoms with Crippen LogP contribution in [-0.4, -0.2) is 59.1 Å². The number of benzene rings is 2. The highest BCUT2D eigenvalue weighted by Crippen LogP contribution is 2.24. The zero-order valence-corrected chi connectivity index (χ0v) is 16.4. The van der Waals surface area contributed by atoms with E-state index < -0.39 is 0 Å². The fourth-order valence-corrected chi connectivity index (χ4v) is 2.60. The SMILES string of the molecule is CCNC(=NCCCOCCOC)NCCOc1cccc2ccccc12. The van der Waals surface area contributed by atoms with E-state index in [1.54, 1.807) is 7.11 Å². The lowest BCUT2D eigenvalue weighted by Crippen LogP contribution is -2.39. The summed E-state index contributed by atoms with van der Waals surface area (Å²) in [6.07, 6.45) is 0.882. The highest BCUT2D eigenvalue weighted by atomic mass is 16.5. The summed E-state index contributed by atoms with van der Waals surface area (Å²) in [5.41, 5.74) is 0. The van der Waals surface area contributed by atoms with E-state index >= 15 is 0 Å². The largest absolute Gasteiger partial charge is 0.491 e. The predicted octanol–water partition coefficient (Wildman–Crippen LogP) is 2.83. The Kier molecular flexibility index (Phi) is 10.1. The molecule has 0 spiro atoms. The lowest BCUT2D eigenvalue weighted by molar-refractivity contribution is 0.0702. The number of aliphatic imine (C=N–C) groups is 1. The average Bonchev–Trinajstić information content (AvgIpc) is 2.70. The number of ether oxygens (including phenoxy) is 3. The van der Waals surface area contributed by atoms with Gasteiger partial charge in [0.25, 0.3) is 0 Å². The Morgan fingerprint density at radius 2 is 1.81 bits per heavy atom. The second kappa shape index (κ2) is 12.9. The molecule has 0 fully saturated rings. The number of nitrogens with one attached hydrogen (secondary N) is 2. The minimum Gasteiger partial charge on any atom is -0.491 e. The molecule has 0 atom stereocenters. The smallest absolute Gasteiger partial charge is 0.191 e.